The van der Waals surface area contributed by atoms with E-state index in [1.54, 1.807) is 0 Å². The number of oxazole rings is 1. The fourth-order valence-corrected chi connectivity index (χ4v) is 1.37. The smallest absolute Gasteiger partial charge is 0.195 e. The largest absolute Gasteiger partial charge is 0.492 e. The second kappa shape index (κ2) is 4.31. The molecular weight excluding hydrogens is 192 g/mol. The highest BCUT2D eigenvalue weighted by Crippen LogP contribution is 2.21. The van der Waals surface area contributed by atoms with Gasteiger partial charge in [-0.3, -0.25) is 0 Å². The number of hydrogen-bond acceptors (Lipinski definition) is 4. The molecule has 4 nitrogen and oxygen atoms in total. The molecule has 2 N–H and O–H groups in total. The molecule has 0 saturated carbocycles. The number of fused-ring (bicyclic) bond motifs is 1. The maximum atomic E-state index is 5.49. The van der Waals surface area contributed by atoms with Crippen LogP contribution in [0.4, 0.5) is 0 Å². The molecule has 4 heteroatoms. The van der Waals surface area contributed by atoms with Crippen LogP contribution in [0.2, 0.25) is 0 Å². The van der Waals surface area contributed by atoms with Crippen LogP contribution >= 0.6 is 0 Å². The molecule has 0 atom stereocenters. The molecule has 2 rings (SSSR count). The number of rotatable bonds is 4. The third kappa shape index (κ3) is 2.10. The van der Waals surface area contributed by atoms with Crippen molar-refractivity contribution in [2.45, 2.75) is 13.3 Å². The van der Waals surface area contributed by atoms with Crippen molar-refractivity contribution in [3.05, 3.63) is 24.1 Å². The highest BCUT2D eigenvalue weighted by Gasteiger charge is 2.04. The summed E-state index contributed by atoms with van der Waals surface area (Å²) in [5, 5.41) is 0. The van der Waals surface area contributed by atoms with Crippen LogP contribution in [0.5, 0.6) is 5.75 Å². The Hall–Kier alpha value is -1.55. The second-order valence-corrected chi connectivity index (χ2v) is 3.23. The van der Waals surface area contributed by atoms with Crippen LogP contribution in [0, 0.1) is 0 Å². The zero-order chi connectivity index (χ0) is 10.7. The van der Waals surface area contributed by atoms with E-state index in [0.29, 0.717) is 13.2 Å². The maximum absolute atomic E-state index is 5.49. The van der Waals surface area contributed by atoms with Crippen LogP contribution in [0.25, 0.3) is 11.1 Å². The van der Waals surface area contributed by atoms with Crippen LogP contribution in [0.15, 0.2) is 22.6 Å². The van der Waals surface area contributed by atoms with E-state index in [1.165, 1.54) is 0 Å². The molecule has 0 aliphatic heterocycles. The molecule has 15 heavy (non-hydrogen) atoms. The summed E-state index contributed by atoms with van der Waals surface area (Å²) in [6.07, 6.45) is 0.799. The summed E-state index contributed by atoms with van der Waals surface area (Å²) in [6.45, 7) is 3.04. The number of nitrogens with two attached hydrogens (primary N) is 1. The molecule has 0 unspecified atom stereocenters. The van der Waals surface area contributed by atoms with Crippen LogP contribution in [0.1, 0.15) is 12.8 Å². The van der Waals surface area contributed by atoms with E-state index >= 15 is 0 Å². The van der Waals surface area contributed by atoms with Gasteiger partial charge in [-0.2, -0.15) is 0 Å². The number of hydrogen-bond donors (Lipinski definition) is 1. The van der Waals surface area contributed by atoms with Crippen LogP contribution < -0.4 is 10.5 Å². The topological polar surface area (TPSA) is 61.3 Å². The van der Waals surface area contributed by atoms with Crippen LogP contribution in [-0.4, -0.2) is 18.1 Å². The molecule has 0 aliphatic rings. The lowest BCUT2D eigenvalue weighted by Gasteiger charge is -2.02. The molecule has 0 amide bonds. The van der Waals surface area contributed by atoms with Gasteiger partial charge in [0.05, 0.1) is 0 Å². The Morgan fingerprint density at radius 2 is 2.33 bits per heavy atom. The van der Waals surface area contributed by atoms with E-state index in [0.717, 1.165) is 29.2 Å². The molecule has 0 spiro atoms. The number of ether oxygens (including phenoxy) is 1. The van der Waals surface area contributed by atoms with Gasteiger partial charge in [0, 0.05) is 19.0 Å². The monoisotopic (exact) mass is 206 g/mol. The molecule has 1 aromatic carbocycles. The Labute approximate surface area is 88.0 Å². The normalized spacial score (nSPS) is 10.8. The molecule has 1 heterocycles. The number of aryl methyl sites for hydroxylation is 1. The zero-order valence-electron chi connectivity index (χ0n) is 8.69. The van der Waals surface area contributed by atoms with Crippen LogP contribution in [-0.2, 0) is 6.42 Å². The minimum atomic E-state index is 0.511. The van der Waals surface area contributed by atoms with Crippen LogP contribution in [0.3, 0.4) is 0 Å². The zero-order valence-corrected chi connectivity index (χ0v) is 8.69. The highest BCUT2D eigenvalue weighted by molar-refractivity contribution is 5.74. The Morgan fingerprint density at radius 1 is 1.47 bits per heavy atom. The third-order valence-corrected chi connectivity index (χ3v) is 2.09. The predicted octanol–water partition coefficient (Wildman–Crippen LogP) is 1.73. The lowest BCUT2D eigenvalue weighted by molar-refractivity contribution is 0.328. The van der Waals surface area contributed by atoms with E-state index in [9.17, 15) is 0 Å². The molecule has 0 aliphatic carbocycles. The third-order valence-electron chi connectivity index (χ3n) is 2.09. The Kier molecular flexibility index (Phi) is 2.87. The van der Waals surface area contributed by atoms with Crippen molar-refractivity contribution in [3.63, 3.8) is 0 Å². The van der Waals surface area contributed by atoms with E-state index in [1.807, 2.05) is 25.1 Å². The van der Waals surface area contributed by atoms with Crippen molar-refractivity contribution in [2.75, 3.05) is 13.2 Å². The number of nitrogens with zero attached hydrogens (tertiary/aromatic N) is 1. The van der Waals surface area contributed by atoms with Crippen molar-refractivity contribution >= 4 is 11.1 Å². The van der Waals surface area contributed by atoms with Gasteiger partial charge in [0.1, 0.15) is 17.9 Å². The van der Waals surface area contributed by atoms with Crippen molar-refractivity contribution in [1.82, 2.24) is 4.98 Å². The quantitative estimate of drug-likeness (QED) is 0.827. The van der Waals surface area contributed by atoms with E-state index in [2.05, 4.69) is 4.98 Å². The van der Waals surface area contributed by atoms with Gasteiger partial charge in [-0.05, 0) is 12.1 Å². The summed E-state index contributed by atoms with van der Waals surface area (Å²) in [7, 11) is 0. The predicted molar refractivity (Wildman–Crippen MR) is 57.9 cm³/mol. The second-order valence-electron chi connectivity index (χ2n) is 3.23. The van der Waals surface area contributed by atoms with Gasteiger partial charge in [-0.15, -0.1) is 0 Å². The lowest BCUT2D eigenvalue weighted by Crippen LogP contribution is -2.10. The van der Waals surface area contributed by atoms with Gasteiger partial charge >= 0.3 is 0 Å². The number of benzene rings is 1. The standard InChI is InChI=1S/C11H14N2O2/c1-2-11-13-9-7-8(14-6-5-12)3-4-10(9)15-11/h3-4,7H,2,5-6,12H2,1H3. The minimum absolute atomic E-state index is 0.511. The molecule has 0 bridgehead atoms. The SMILES string of the molecule is CCc1nc2cc(OCCN)ccc2o1. The summed E-state index contributed by atoms with van der Waals surface area (Å²) in [6, 6.07) is 5.60. The van der Waals surface area contributed by atoms with Crippen molar-refractivity contribution in [2.24, 2.45) is 5.73 Å². The molecular formula is C11H14N2O2. The fourth-order valence-electron chi connectivity index (χ4n) is 1.37. The summed E-state index contributed by atoms with van der Waals surface area (Å²) >= 11 is 0. The molecule has 80 valence electrons. The summed E-state index contributed by atoms with van der Waals surface area (Å²) < 4.78 is 10.9. The first kappa shape index (κ1) is 9.98. The first-order chi connectivity index (χ1) is 7.33. The first-order valence-corrected chi connectivity index (χ1v) is 5.06. The molecule has 0 radical (unpaired) electrons. The van der Waals surface area contributed by atoms with Crippen molar-refractivity contribution < 1.29 is 9.15 Å². The maximum Gasteiger partial charge on any atom is 0.195 e. The summed E-state index contributed by atoms with van der Waals surface area (Å²) in [5.74, 6) is 1.53. The number of aromatic nitrogens is 1. The van der Waals surface area contributed by atoms with Gasteiger partial charge < -0.3 is 14.9 Å². The Bertz CT molecular complexity index is 451. The van der Waals surface area contributed by atoms with Crippen molar-refractivity contribution in [3.8, 4) is 5.75 Å². The molecule has 0 fully saturated rings. The van der Waals surface area contributed by atoms with Gasteiger partial charge in [0.2, 0.25) is 0 Å². The van der Waals surface area contributed by atoms with Gasteiger partial charge in [0.25, 0.3) is 0 Å². The fraction of sp³-hybridized carbons (Fsp3) is 0.364. The van der Waals surface area contributed by atoms with Gasteiger partial charge in [0.15, 0.2) is 11.5 Å². The molecule has 1 aromatic heterocycles. The van der Waals surface area contributed by atoms with E-state index < -0.39 is 0 Å². The van der Waals surface area contributed by atoms with Crippen molar-refractivity contribution in [1.29, 1.82) is 0 Å². The Balaban J connectivity index is 2.29. The highest BCUT2D eigenvalue weighted by atomic mass is 16.5. The average molecular weight is 206 g/mol. The lowest BCUT2D eigenvalue weighted by atomic mass is 10.3. The van der Waals surface area contributed by atoms with E-state index in [4.69, 9.17) is 14.9 Å². The minimum Gasteiger partial charge on any atom is -0.492 e. The summed E-state index contributed by atoms with van der Waals surface area (Å²) in [4.78, 5) is 4.32. The van der Waals surface area contributed by atoms with Gasteiger partial charge in [-0.25, -0.2) is 4.98 Å². The van der Waals surface area contributed by atoms with E-state index in [-0.39, 0.29) is 0 Å². The van der Waals surface area contributed by atoms with Gasteiger partial charge in [-0.1, -0.05) is 6.92 Å². The average Bonchev–Trinajstić information content (AvgIpc) is 2.68. The molecule has 0 saturated heterocycles. The summed E-state index contributed by atoms with van der Waals surface area (Å²) in [5.41, 5.74) is 6.99. The molecule has 2 aromatic rings. The Morgan fingerprint density at radius 3 is 3.07 bits per heavy atom. The first-order valence-electron chi connectivity index (χ1n) is 5.06.